The molecule has 0 amide bonds. The lowest BCUT2D eigenvalue weighted by Crippen LogP contribution is -1.94. The third-order valence-corrected chi connectivity index (χ3v) is 2.57. The molecule has 0 unspecified atom stereocenters. The molecule has 0 aliphatic carbocycles. The van der Waals surface area contributed by atoms with Crippen LogP contribution in [0.1, 0.15) is 5.56 Å². The van der Waals surface area contributed by atoms with E-state index in [-0.39, 0.29) is 5.82 Å². The van der Waals surface area contributed by atoms with Crippen molar-refractivity contribution in [3.63, 3.8) is 0 Å². The molecule has 1 aromatic carbocycles. The number of nitrogens with two attached hydrogens (primary N) is 1. The Morgan fingerprint density at radius 2 is 2.06 bits per heavy atom. The predicted octanol–water partition coefficient (Wildman–Crippen LogP) is 3.43. The summed E-state index contributed by atoms with van der Waals surface area (Å²) in [5, 5.41) is 0.477. The van der Waals surface area contributed by atoms with E-state index >= 15 is 0 Å². The van der Waals surface area contributed by atoms with Gasteiger partial charge in [0.2, 0.25) is 0 Å². The molecule has 82 valence electrons. The van der Waals surface area contributed by atoms with Crippen molar-refractivity contribution in [2.75, 3.05) is 5.73 Å². The van der Waals surface area contributed by atoms with Gasteiger partial charge >= 0.3 is 0 Å². The molecule has 0 saturated carbocycles. The lowest BCUT2D eigenvalue weighted by molar-refractivity contribution is 0.619. The van der Waals surface area contributed by atoms with Crippen molar-refractivity contribution in [3.8, 4) is 11.1 Å². The minimum Gasteiger partial charge on any atom is -0.383 e. The topological polar surface area (TPSA) is 38.9 Å². The largest absolute Gasteiger partial charge is 0.383 e. The minimum absolute atomic E-state index is 0.267. The van der Waals surface area contributed by atoms with Crippen molar-refractivity contribution < 1.29 is 4.39 Å². The van der Waals surface area contributed by atoms with Crippen LogP contribution in [0.15, 0.2) is 30.5 Å². The van der Waals surface area contributed by atoms with Gasteiger partial charge in [-0.15, -0.1) is 0 Å². The van der Waals surface area contributed by atoms with Crippen LogP contribution in [0.3, 0.4) is 0 Å². The van der Waals surface area contributed by atoms with Crippen LogP contribution in [-0.2, 0) is 0 Å². The summed E-state index contributed by atoms with van der Waals surface area (Å²) < 4.78 is 13.4. The Balaban J connectivity index is 2.58. The highest BCUT2D eigenvalue weighted by molar-refractivity contribution is 6.30. The molecule has 0 spiro atoms. The van der Waals surface area contributed by atoms with Gasteiger partial charge in [0.15, 0.2) is 0 Å². The first-order valence-electron chi connectivity index (χ1n) is 4.75. The third-order valence-electron chi connectivity index (χ3n) is 2.37. The second-order valence-corrected chi connectivity index (χ2v) is 3.99. The molecule has 0 fully saturated rings. The molecule has 0 bridgehead atoms. The highest BCUT2D eigenvalue weighted by atomic mass is 35.5. The standard InChI is InChI=1S/C12H10ClFN2/c1-7-2-3-8(4-11(7)14)10-5-9(13)6-16-12(10)15/h2-6H,1H3,(H2,15,16). The van der Waals surface area contributed by atoms with Crippen LogP contribution < -0.4 is 5.73 Å². The lowest BCUT2D eigenvalue weighted by atomic mass is 10.0. The summed E-state index contributed by atoms with van der Waals surface area (Å²) in [4.78, 5) is 3.93. The van der Waals surface area contributed by atoms with Crippen molar-refractivity contribution in [2.24, 2.45) is 0 Å². The van der Waals surface area contributed by atoms with E-state index in [0.29, 0.717) is 27.5 Å². The van der Waals surface area contributed by atoms with Gasteiger partial charge in [-0.05, 0) is 30.2 Å². The van der Waals surface area contributed by atoms with Crippen molar-refractivity contribution in [3.05, 3.63) is 46.9 Å². The molecule has 1 heterocycles. The quantitative estimate of drug-likeness (QED) is 0.824. The zero-order valence-corrected chi connectivity index (χ0v) is 9.42. The zero-order valence-electron chi connectivity index (χ0n) is 8.67. The number of aromatic nitrogens is 1. The van der Waals surface area contributed by atoms with Gasteiger partial charge in [0, 0.05) is 11.8 Å². The number of halogens is 2. The molecule has 0 aliphatic rings. The summed E-state index contributed by atoms with van der Waals surface area (Å²) in [6.45, 7) is 1.71. The Hall–Kier alpha value is -1.61. The minimum atomic E-state index is -0.267. The second-order valence-electron chi connectivity index (χ2n) is 3.55. The molecule has 2 rings (SSSR count). The van der Waals surface area contributed by atoms with Crippen LogP contribution in [-0.4, -0.2) is 4.98 Å². The van der Waals surface area contributed by atoms with Crippen LogP contribution in [0.4, 0.5) is 10.2 Å². The highest BCUT2D eigenvalue weighted by Crippen LogP contribution is 2.28. The van der Waals surface area contributed by atoms with Crippen LogP contribution >= 0.6 is 11.6 Å². The summed E-state index contributed by atoms with van der Waals surface area (Å²) in [6, 6.07) is 6.60. The Morgan fingerprint density at radius 3 is 2.75 bits per heavy atom. The van der Waals surface area contributed by atoms with Crippen LogP contribution in [0.25, 0.3) is 11.1 Å². The Kier molecular flexibility index (Phi) is 2.79. The molecule has 2 nitrogen and oxygen atoms in total. The van der Waals surface area contributed by atoms with Crippen LogP contribution in [0.5, 0.6) is 0 Å². The molecule has 0 atom stereocenters. The van der Waals surface area contributed by atoms with E-state index in [1.807, 2.05) is 0 Å². The third kappa shape index (κ3) is 1.99. The number of nitrogen functional groups attached to an aromatic ring is 1. The first-order chi connectivity index (χ1) is 7.58. The maximum atomic E-state index is 13.4. The Bertz CT molecular complexity index is 541. The SMILES string of the molecule is Cc1ccc(-c2cc(Cl)cnc2N)cc1F. The molecule has 1 aromatic heterocycles. The van der Waals surface area contributed by atoms with Crippen molar-refractivity contribution in [2.45, 2.75) is 6.92 Å². The van der Waals surface area contributed by atoms with E-state index in [9.17, 15) is 4.39 Å². The van der Waals surface area contributed by atoms with Crippen molar-refractivity contribution in [1.29, 1.82) is 0 Å². The molecule has 0 aliphatic heterocycles. The monoisotopic (exact) mass is 236 g/mol. The highest BCUT2D eigenvalue weighted by Gasteiger charge is 2.07. The summed E-state index contributed by atoms with van der Waals surface area (Å²) in [5.41, 5.74) is 7.63. The fraction of sp³-hybridized carbons (Fsp3) is 0.0833. The fourth-order valence-electron chi connectivity index (χ4n) is 1.44. The van der Waals surface area contributed by atoms with E-state index in [0.717, 1.165) is 0 Å². The average molecular weight is 237 g/mol. The molecule has 2 N–H and O–H groups in total. The van der Waals surface area contributed by atoms with E-state index < -0.39 is 0 Å². The molecular weight excluding hydrogens is 227 g/mol. The molecule has 16 heavy (non-hydrogen) atoms. The molecular formula is C12H10ClFN2. The molecule has 0 radical (unpaired) electrons. The first-order valence-corrected chi connectivity index (χ1v) is 5.13. The van der Waals surface area contributed by atoms with Gasteiger partial charge < -0.3 is 5.73 Å². The average Bonchev–Trinajstić information content (AvgIpc) is 2.26. The maximum absolute atomic E-state index is 13.4. The fourth-order valence-corrected chi connectivity index (χ4v) is 1.60. The van der Waals surface area contributed by atoms with Gasteiger partial charge in [0.1, 0.15) is 11.6 Å². The van der Waals surface area contributed by atoms with Gasteiger partial charge in [-0.3, -0.25) is 0 Å². The number of aryl methyl sites for hydroxylation is 1. The predicted molar refractivity (Wildman–Crippen MR) is 63.8 cm³/mol. The number of benzene rings is 1. The number of hydrogen-bond donors (Lipinski definition) is 1. The summed E-state index contributed by atoms with van der Waals surface area (Å²) in [5.74, 6) is 0.0736. The van der Waals surface area contributed by atoms with Crippen LogP contribution in [0.2, 0.25) is 5.02 Å². The van der Waals surface area contributed by atoms with Gasteiger partial charge in [-0.2, -0.15) is 0 Å². The summed E-state index contributed by atoms with van der Waals surface area (Å²) >= 11 is 5.83. The number of rotatable bonds is 1. The second kappa shape index (κ2) is 4.10. The van der Waals surface area contributed by atoms with E-state index in [1.165, 1.54) is 12.3 Å². The Labute approximate surface area is 97.9 Å². The van der Waals surface area contributed by atoms with E-state index in [2.05, 4.69) is 4.98 Å². The van der Waals surface area contributed by atoms with E-state index in [1.54, 1.807) is 25.1 Å². The van der Waals surface area contributed by atoms with Gasteiger partial charge in [0.05, 0.1) is 5.02 Å². The van der Waals surface area contributed by atoms with Gasteiger partial charge in [0.25, 0.3) is 0 Å². The normalized spacial score (nSPS) is 10.4. The summed E-state index contributed by atoms with van der Waals surface area (Å²) in [7, 11) is 0. The summed E-state index contributed by atoms with van der Waals surface area (Å²) in [6.07, 6.45) is 1.46. The molecule has 0 saturated heterocycles. The van der Waals surface area contributed by atoms with Gasteiger partial charge in [-0.1, -0.05) is 23.7 Å². The number of pyridine rings is 1. The van der Waals surface area contributed by atoms with Crippen molar-refractivity contribution in [1.82, 2.24) is 4.98 Å². The maximum Gasteiger partial charge on any atom is 0.131 e. The smallest absolute Gasteiger partial charge is 0.131 e. The number of hydrogen-bond acceptors (Lipinski definition) is 2. The van der Waals surface area contributed by atoms with Gasteiger partial charge in [-0.25, -0.2) is 9.37 Å². The lowest BCUT2D eigenvalue weighted by Gasteiger charge is -2.06. The number of nitrogens with zero attached hydrogens (tertiary/aromatic N) is 1. The number of anilines is 1. The van der Waals surface area contributed by atoms with Crippen LogP contribution in [0, 0.1) is 12.7 Å². The first kappa shape index (κ1) is 10.9. The molecule has 4 heteroatoms. The molecule has 2 aromatic rings. The Morgan fingerprint density at radius 1 is 1.31 bits per heavy atom. The van der Waals surface area contributed by atoms with Crippen molar-refractivity contribution >= 4 is 17.4 Å². The van der Waals surface area contributed by atoms with E-state index in [4.69, 9.17) is 17.3 Å². The zero-order chi connectivity index (χ0) is 11.7.